The Balaban J connectivity index is 2.13. The van der Waals surface area contributed by atoms with Crippen molar-refractivity contribution in [2.24, 2.45) is 5.92 Å². The minimum atomic E-state index is -0.544. The normalized spacial score (nSPS) is 17.3. The quantitative estimate of drug-likeness (QED) is 0.556. The second-order valence-electron chi connectivity index (χ2n) is 5.24. The van der Waals surface area contributed by atoms with E-state index in [-0.39, 0.29) is 5.97 Å². The highest BCUT2D eigenvalue weighted by atomic mass is 79.9. The molecule has 0 aliphatic heterocycles. The Morgan fingerprint density at radius 1 is 1.48 bits per heavy atom. The van der Waals surface area contributed by atoms with E-state index in [4.69, 9.17) is 4.74 Å². The molecule has 1 aliphatic rings. The van der Waals surface area contributed by atoms with Crippen LogP contribution >= 0.6 is 27.7 Å². The largest absolute Gasteiger partial charge is 0.465 e. The Hall–Kier alpha value is -0.520. The molecule has 0 spiro atoms. The molecule has 3 nitrogen and oxygen atoms in total. The van der Waals surface area contributed by atoms with Gasteiger partial charge in [-0.1, -0.05) is 28.9 Å². The number of esters is 1. The first-order valence-corrected chi connectivity index (χ1v) is 9.21. The molecule has 0 aromatic heterocycles. The van der Waals surface area contributed by atoms with Crippen LogP contribution in [0.25, 0.3) is 0 Å². The Bertz CT molecular complexity index is 493. The van der Waals surface area contributed by atoms with Crippen LogP contribution in [0, 0.1) is 5.92 Å². The first-order valence-electron chi connectivity index (χ1n) is 7.43. The fraction of sp³-hybridized carbons (Fsp3) is 0.562. The highest BCUT2D eigenvalue weighted by molar-refractivity contribution is 9.10. The zero-order valence-corrected chi connectivity index (χ0v) is 14.9. The maximum atomic E-state index is 12.5. The molecule has 21 heavy (non-hydrogen) atoms. The van der Waals surface area contributed by atoms with Crippen molar-refractivity contribution in [2.45, 2.75) is 37.1 Å². The molecule has 1 aliphatic carbocycles. The smallest absolute Gasteiger partial charge is 0.327 e. The number of nitrogens with one attached hydrogen (secondary N) is 1. The van der Waals surface area contributed by atoms with Gasteiger partial charge in [-0.15, -0.1) is 11.8 Å². The van der Waals surface area contributed by atoms with E-state index in [2.05, 4.69) is 33.4 Å². The molecule has 1 unspecified atom stereocenters. The first kappa shape index (κ1) is 16.8. The van der Waals surface area contributed by atoms with Crippen LogP contribution in [0.15, 0.2) is 33.6 Å². The van der Waals surface area contributed by atoms with E-state index in [9.17, 15) is 4.79 Å². The molecule has 2 rings (SSSR count). The summed E-state index contributed by atoms with van der Waals surface area (Å²) in [7, 11) is 0. The van der Waals surface area contributed by atoms with E-state index < -0.39 is 5.54 Å². The summed E-state index contributed by atoms with van der Waals surface area (Å²) in [6.45, 7) is 5.11. The minimum Gasteiger partial charge on any atom is -0.465 e. The lowest BCUT2D eigenvalue weighted by molar-refractivity contribution is -0.151. The summed E-state index contributed by atoms with van der Waals surface area (Å²) in [5, 5.41) is 3.42. The monoisotopic (exact) mass is 371 g/mol. The fourth-order valence-electron chi connectivity index (χ4n) is 2.52. The van der Waals surface area contributed by atoms with Gasteiger partial charge in [-0.3, -0.25) is 4.79 Å². The molecule has 116 valence electrons. The number of hydrogen-bond acceptors (Lipinski definition) is 4. The number of thioether (sulfide) groups is 1. The number of likely N-dealkylation sites (N-methyl/N-ethyl adjacent to an activating group) is 1. The van der Waals surface area contributed by atoms with E-state index in [1.54, 1.807) is 11.8 Å². The summed E-state index contributed by atoms with van der Waals surface area (Å²) >= 11 is 5.20. The number of benzene rings is 1. The SMILES string of the molecule is CCNC(CSc1cccc(Br)c1)(C(=O)OCC)C1CC1. The third-order valence-electron chi connectivity index (χ3n) is 3.67. The molecule has 1 atom stereocenters. The van der Waals surface area contributed by atoms with Gasteiger partial charge in [0.1, 0.15) is 5.54 Å². The number of ether oxygens (including phenoxy) is 1. The highest BCUT2D eigenvalue weighted by Gasteiger charge is 2.51. The molecule has 1 saturated carbocycles. The molecular weight excluding hydrogens is 350 g/mol. The Morgan fingerprint density at radius 3 is 2.81 bits per heavy atom. The summed E-state index contributed by atoms with van der Waals surface area (Å²) < 4.78 is 6.41. The third-order valence-corrected chi connectivity index (χ3v) is 5.35. The standard InChI is InChI=1S/C16H22BrNO2S/c1-3-18-16(12-8-9-12,15(19)20-4-2)11-21-14-7-5-6-13(17)10-14/h5-7,10,12,18H,3-4,8-9,11H2,1-2H3. The molecule has 0 amide bonds. The zero-order chi connectivity index (χ0) is 15.3. The molecule has 1 aromatic rings. The van der Waals surface area contributed by atoms with Crippen LogP contribution in [0.5, 0.6) is 0 Å². The van der Waals surface area contributed by atoms with Crippen LogP contribution in [0.4, 0.5) is 0 Å². The second-order valence-corrected chi connectivity index (χ2v) is 7.21. The van der Waals surface area contributed by atoms with Gasteiger partial charge >= 0.3 is 5.97 Å². The van der Waals surface area contributed by atoms with Crippen LogP contribution in [-0.4, -0.2) is 30.4 Å². The predicted octanol–water partition coefficient (Wildman–Crippen LogP) is 3.86. The molecule has 0 heterocycles. The van der Waals surface area contributed by atoms with Crippen LogP contribution < -0.4 is 5.32 Å². The van der Waals surface area contributed by atoms with E-state index in [0.29, 0.717) is 18.3 Å². The average molecular weight is 372 g/mol. The topological polar surface area (TPSA) is 38.3 Å². The Labute approximate surface area is 139 Å². The van der Waals surface area contributed by atoms with Crippen LogP contribution in [0.1, 0.15) is 26.7 Å². The van der Waals surface area contributed by atoms with Gasteiger partial charge in [0.05, 0.1) is 6.61 Å². The van der Waals surface area contributed by atoms with Crippen LogP contribution in [0.3, 0.4) is 0 Å². The number of rotatable bonds is 8. The molecule has 0 saturated heterocycles. The van der Waals surface area contributed by atoms with Crippen molar-refractivity contribution in [3.8, 4) is 0 Å². The lowest BCUT2D eigenvalue weighted by atomic mass is 9.95. The van der Waals surface area contributed by atoms with Crippen molar-refractivity contribution in [1.29, 1.82) is 0 Å². The molecular formula is C16H22BrNO2S. The van der Waals surface area contributed by atoms with Gasteiger partial charge in [0.15, 0.2) is 0 Å². The molecule has 1 fully saturated rings. The van der Waals surface area contributed by atoms with E-state index in [1.807, 2.05) is 26.0 Å². The minimum absolute atomic E-state index is 0.100. The Morgan fingerprint density at radius 2 is 2.24 bits per heavy atom. The lowest BCUT2D eigenvalue weighted by Crippen LogP contribution is -2.57. The molecule has 0 radical (unpaired) electrons. The molecule has 0 bridgehead atoms. The lowest BCUT2D eigenvalue weighted by Gasteiger charge is -2.32. The van der Waals surface area contributed by atoms with Gasteiger partial charge in [-0.25, -0.2) is 0 Å². The number of hydrogen-bond donors (Lipinski definition) is 1. The average Bonchev–Trinajstić information content (AvgIpc) is 3.29. The predicted molar refractivity (Wildman–Crippen MR) is 90.6 cm³/mol. The number of carbonyl (C=O) groups excluding carboxylic acids is 1. The molecule has 1 aromatic carbocycles. The summed E-state index contributed by atoms with van der Waals surface area (Å²) in [4.78, 5) is 13.7. The maximum absolute atomic E-state index is 12.5. The number of halogens is 1. The third kappa shape index (κ3) is 4.24. The van der Waals surface area contributed by atoms with Crippen molar-refractivity contribution in [3.63, 3.8) is 0 Å². The highest BCUT2D eigenvalue weighted by Crippen LogP contribution is 2.43. The fourth-order valence-corrected chi connectivity index (χ4v) is 4.30. The van der Waals surface area contributed by atoms with Crippen molar-refractivity contribution < 1.29 is 9.53 Å². The number of carbonyl (C=O) groups is 1. The first-order chi connectivity index (χ1) is 10.1. The summed E-state index contributed by atoms with van der Waals surface area (Å²) in [5.41, 5.74) is -0.544. The van der Waals surface area contributed by atoms with Gasteiger partial charge in [-0.2, -0.15) is 0 Å². The molecule has 1 N–H and O–H groups in total. The Kier molecular flexibility index (Phi) is 6.14. The summed E-state index contributed by atoms with van der Waals surface area (Å²) in [5.74, 6) is 1.01. The second kappa shape index (κ2) is 7.65. The maximum Gasteiger partial charge on any atom is 0.327 e. The van der Waals surface area contributed by atoms with Crippen LogP contribution in [-0.2, 0) is 9.53 Å². The summed E-state index contributed by atoms with van der Waals surface area (Å²) in [6, 6.07) is 8.18. The van der Waals surface area contributed by atoms with Gasteiger partial charge in [0, 0.05) is 15.1 Å². The van der Waals surface area contributed by atoms with Crippen molar-refractivity contribution in [1.82, 2.24) is 5.32 Å². The molecule has 5 heteroatoms. The van der Waals surface area contributed by atoms with Crippen molar-refractivity contribution >= 4 is 33.7 Å². The van der Waals surface area contributed by atoms with E-state index in [0.717, 1.165) is 28.8 Å². The van der Waals surface area contributed by atoms with Crippen LogP contribution in [0.2, 0.25) is 0 Å². The van der Waals surface area contributed by atoms with Gasteiger partial charge < -0.3 is 10.1 Å². The summed E-state index contributed by atoms with van der Waals surface area (Å²) in [6.07, 6.45) is 2.20. The van der Waals surface area contributed by atoms with E-state index >= 15 is 0 Å². The van der Waals surface area contributed by atoms with Gasteiger partial charge in [0.25, 0.3) is 0 Å². The zero-order valence-electron chi connectivity index (χ0n) is 12.5. The van der Waals surface area contributed by atoms with Gasteiger partial charge in [-0.05, 0) is 50.4 Å². The van der Waals surface area contributed by atoms with Crippen molar-refractivity contribution in [3.05, 3.63) is 28.7 Å². The van der Waals surface area contributed by atoms with E-state index in [1.165, 1.54) is 0 Å². The van der Waals surface area contributed by atoms with Gasteiger partial charge in [0.2, 0.25) is 0 Å². The van der Waals surface area contributed by atoms with Crippen molar-refractivity contribution in [2.75, 3.05) is 18.9 Å².